The molecule has 0 bridgehead atoms. The molecule has 0 fully saturated rings. The fourth-order valence-electron chi connectivity index (χ4n) is 0.950. The summed E-state index contributed by atoms with van der Waals surface area (Å²) in [6, 6.07) is 1.89. The van der Waals surface area contributed by atoms with Gasteiger partial charge in [-0.3, -0.25) is 0 Å². The minimum absolute atomic E-state index is 0.797. The average Bonchev–Trinajstić information content (AvgIpc) is 2.33. The van der Waals surface area contributed by atoms with Crippen LogP contribution in [0.4, 0.5) is 5.82 Å². The molecule has 4 nitrogen and oxygen atoms in total. The number of hydrogen-bond acceptors (Lipinski definition) is 3. The van der Waals surface area contributed by atoms with E-state index in [9.17, 15) is 0 Å². The van der Waals surface area contributed by atoms with Crippen molar-refractivity contribution in [1.29, 1.82) is 0 Å². The third-order valence-corrected chi connectivity index (χ3v) is 1.44. The Kier molecular flexibility index (Phi) is 1.00. The highest BCUT2D eigenvalue weighted by atomic mass is 15.4. The molecule has 0 amide bonds. The summed E-state index contributed by atoms with van der Waals surface area (Å²) in [5.74, 6) is 0.929. The van der Waals surface area contributed by atoms with Crippen molar-refractivity contribution in [2.75, 3.05) is 7.05 Å². The van der Waals surface area contributed by atoms with E-state index < -0.39 is 0 Å². The van der Waals surface area contributed by atoms with Gasteiger partial charge in [0.25, 0.3) is 0 Å². The SMILES string of the molecule is CN1C=Nc2ccnn2C1. The van der Waals surface area contributed by atoms with Gasteiger partial charge in [-0.15, -0.1) is 0 Å². The second-order valence-electron chi connectivity index (χ2n) is 2.33. The lowest BCUT2D eigenvalue weighted by atomic mass is 10.6. The van der Waals surface area contributed by atoms with E-state index >= 15 is 0 Å². The third kappa shape index (κ3) is 0.689. The molecule has 0 aliphatic carbocycles. The lowest BCUT2D eigenvalue weighted by Crippen LogP contribution is -2.23. The number of hydrogen-bond donors (Lipinski definition) is 0. The van der Waals surface area contributed by atoms with E-state index in [-0.39, 0.29) is 0 Å². The van der Waals surface area contributed by atoms with Crippen LogP contribution in [0.25, 0.3) is 0 Å². The predicted molar refractivity (Wildman–Crippen MR) is 38.1 cm³/mol. The van der Waals surface area contributed by atoms with E-state index in [1.807, 2.05) is 22.7 Å². The molecule has 52 valence electrons. The maximum Gasteiger partial charge on any atom is 0.154 e. The van der Waals surface area contributed by atoms with Gasteiger partial charge < -0.3 is 4.90 Å². The Labute approximate surface area is 58.8 Å². The lowest BCUT2D eigenvalue weighted by molar-refractivity contribution is 0.377. The first-order chi connectivity index (χ1) is 4.86. The van der Waals surface area contributed by atoms with E-state index in [2.05, 4.69) is 10.1 Å². The fraction of sp³-hybridized carbons (Fsp3) is 0.333. The Morgan fingerprint density at radius 2 is 2.50 bits per heavy atom. The summed E-state index contributed by atoms with van der Waals surface area (Å²) in [5.41, 5.74) is 0. The van der Waals surface area contributed by atoms with Gasteiger partial charge in [-0.2, -0.15) is 5.10 Å². The maximum absolute atomic E-state index is 4.14. The third-order valence-electron chi connectivity index (χ3n) is 1.44. The van der Waals surface area contributed by atoms with E-state index in [1.54, 1.807) is 12.5 Å². The molecule has 10 heavy (non-hydrogen) atoms. The maximum atomic E-state index is 4.14. The van der Waals surface area contributed by atoms with Crippen LogP contribution >= 0.6 is 0 Å². The van der Waals surface area contributed by atoms with Crippen molar-refractivity contribution >= 4 is 12.2 Å². The summed E-state index contributed by atoms with van der Waals surface area (Å²) >= 11 is 0. The Morgan fingerprint density at radius 3 is 3.40 bits per heavy atom. The monoisotopic (exact) mass is 136 g/mol. The van der Waals surface area contributed by atoms with Crippen LogP contribution in [-0.4, -0.2) is 28.1 Å². The predicted octanol–water partition coefficient (Wildman–Crippen LogP) is 0.446. The van der Waals surface area contributed by atoms with E-state index in [0.717, 1.165) is 12.5 Å². The minimum Gasteiger partial charge on any atom is -0.346 e. The van der Waals surface area contributed by atoms with Crippen molar-refractivity contribution in [2.24, 2.45) is 4.99 Å². The first-order valence-electron chi connectivity index (χ1n) is 3.12. The zero-order valence-electron chi connectivity index (χ0n) is 5.73. The first kappa shape index (κ1) is 5.46. The van der Waals surface area contributed by atoms with Crippen molar-refractivity contribution in [2.45, 2.75) is 6.67 Å². The second-order valence-corrected chi connectivity index (χ2v) is 2.33. The van der Waals surface area contributed by atoms with E-state index in [1.165, 1.54) is 0 Å². The van der Waals surface area contributed by atoms with Gasteiger partial charge in [-0.25, -0.2) is 9.67 Å². The molecule has 0 aromatic carbocycles. The smallest absolute Gasteiger partial charge is 0.154 e. The van der Waals surface area contributed by atoms with Gasteiger partial charge in [0, 0.05) is 13.1 Å². The molecule has 4 heteroatoms. The lowest BCUT2D eigenvalue weighted by Gasteiger charge is -2.17. The Hall–Kier alpha value is -1.32. The molecule has 0 unspecified atom stereocenters. The largest absolute Gasteiger partial charge is 0.346 e. The van der Waals surface area contributed by atoms with Crippen LogP contribution in [-0.2, 0) is 6.67 Å². The number of nitrogens with zero attached hydrogens (tertiary/aromatic N) is 4. The topological polar surface area (TPSA) is 33.4 Å². The van der Waals surface area contributed by atoms with Gasteiger partial charge in [0.05, 0.1) is 12.5 Å². The standard InChI is InChI=1S/C6H8N4/c1-9-4-7-6-2-3-8-10(6)5-9/h2-4H,5H2,1H3. The summed E-state index contributed by atoms with van der Waals surface area (Å²) in [6.07, 6.45) is 3.56. The number of fused-ring (bicyclic) bond motifs is 1. The fourth-order valence-corrected chi connectivity index (χ4v) is 0.950. The molecule has 1 aliphatic rings. The summed E-state index contributed by atoms with van der Waals surface area (Å²) in [7, 11) is 1.97. The second kappa shape index (κ2) is 1.83. The summed E-state index contributed by atoms with van der Waals surface area (Å²) in [6.45, 7) is 0.797. The zero-order chi connectivity index (χ0) is 6.97. The molecular formula is C6H8N4. The van der Waals surface area contributed by atoms with Crippen molar-refractivity contribution in [3.63, 3.8) is 0 Å². The van der Waals surface area contributed by atoms with Crippen molar-refractivity contribution in [1.82, 2.24) is 14.7 Å². The van der Waals surface area contributed by atoms with Crippen LogP contribution in [0.3, 0.4) is 0 Å². The highest BCUT2D eigenvalue weighted by Gasteiger charge is 2.05. The molecule has 0 radical (unpaired) electrons. The highest BCUT2D eigenvalue weighted by Crippen LogP contribution is 2.13. The Morgan fingerprint density at radius 1 is 1.60 bits per heavy atom. The van der Waals surface area contributed by atoms with Crippen molar-refractivity contribution < 1.29 is 0 Å². The molecule has 0 saturated carbocycles. The molecular weight excluding hydrogens is 128 g/mol. The molecule has 2 heterocycles. The van der Waals surface area contributed by atoms with Crippen LogP contribution in [0.2, 0.25) is 0 Å². The molecule has 2 rings (SSSR count). The van der Waals surface area contributed by atoms with Crippen molar-refractivity contribution in [3.05, 3.63) is 12.3 Å². The number of aliphatic imine (C=N–C) groups is 1. The van der Waals surface area contributed by atoms with Gasteiger partial charge in [-0.1, -0.05) is 0 Å². The van der Waals surface area contributed by atoms with Crippen LogP contribution < -0.4 is 0 Å². The molecule has 1 aliphatic heterocycles. The van der Waals surface area contributed by atoms with E-state index in [4.69, 9.17) is 0 Å². The van der Waals surface area contributed by atoms with Gasteiger partial charge in [0.1, 0.15) is 6.67 Å². The van der Waals surface area contributed by atoms with Gasteiger partial charge >= 0.3 is 0 Å². The average molecular weight is 136 g/mol. The highest BCUT2D eigenvalue weighted by molar-refractivity contribution is 5.60. The molecule has 0 saturated heterocycles. The van der Waals surface area contributed by atoms with Gasteiger partial charge in [0.15, 0.2) is 5.82 Å². The van der Waals surface area contributed by atoms with Crippen LogP contribution in [0.1, 0.15) is 0 Å². The summed E-state index contributed by atoms with van der Waals surface area (Å²) in [4.78, 5) is 6.11. The molecule has 1 aromatic heterocycles. The van der Waals surface area contributed by atoms with Crippen LogP contribution in [0.15, 0.2) is 17.3 Å². The summed E-state index contributed by atoms with van der Waals surface area (Å²) < 4.78 is 1.85. The van der Waals surface area contributed by atoms with E-state index in [0.29, 0.717) is 0 Å². The first-order valence-corrected chi connectivity index (χ1v) is 3.12. The van der Waals surface area contributed by atoms with Gasteiger partial charge in [-0.05, 0) is 0 Å². The normalized spacial score (nSPS) is 15.5. The minimum atomic E-state index is 0.797. The summed E-state index contributed by atoms with van der Waals surface area (Å²) in [5, 5.41) is 4.07. The zero-order valence-corrected chi connectivity index (χ0v) is 5.73. The van der Waals surface area contributed by atoms with Gasteiger partial charge in [0.2, 0.25) is 0 Å². The molecule has 1 aromatic rings. The Balaban J connectivity index is 2.43. The van der Waals surface area contributed by atoms with Crippen LogP contribution in [0, 0.1) is 0 Å². The molecule has 0 atom stereocenters. The Bertz CT molecular complexity index is 262. The molecule has 0 N–H and O–H groups in total. The molecule has 0 spiro atoms. The van der Waals surface area contributed by atoms with Crippen LogP contribution in [0.5, 0.6) is 0 Å². The quantitative estimate of drug-likeness (QED) is 0.518. The number of aromatic nitrogens is 2. The van der Waals surface area contributed by atoms with Crippen molar-refractivity contribution in [3.8, 4) is 0 Å². The number of rotatable bonds is 0.